The molecule has 1 aliphatic heterocycles. The second-order valence-corrected chi connectivity index (χ2v) is 12.3. The molecule has 3 nitrogen and oxygen atoms in total. The Morgan fingerprint density at radius 2 is 1.52 bits per heavy atom. The summed E-state index contributed by atoms with van der Waals surface area (Å²) < 4.78 is 4.45. The number of pyridine rings is 1. The van der Waals surface area contributed by atoms with Crippen molar-refractivity contribution >= 4 is 23.1 Å². The Kier molecular flexibility index (Phi) is 9.28. The molecule has 223 valence electrons. The van der Waals surface area contributed by atoms with Gasteiger partial charge < -0.3 is 4.98 Å². The van der Waals surface area contributed by atoms with Crippen LogP contribution in [0.4, 0.5) is 17.1 Å². The van der Waals surface area contributed by atoms with E-state index in [1.807, 2.05) is 12.3 Å². The first-order valence-electron chi connectivity index (χ1n) is 15.2. The second-order valence-electron chi connectivity index (χ2n) is 12.3. The van der Waals surface area contributed by atoms with Crippen LogP contribution in [0.3, 0.4) is 0 Å². The third-order valence-electron chi connectivity index (χ3n) is 8.53. The molecule has 0 saturated heterocycles. The van der Waals surface area contributed by atoms with E-state index in [0.717, 1.165) is 16.9 Å². The van der Waals surface area contributed by atoms with Gasteiger partial charge in [-0.15, -0.1) is 47.0 Å². The molecule has 1 atom stereocenters. The van der Waals surface area contributed by atoms with E-state index < -0.39 is 0 Å². The predicted molar refractivity (Wildman–Crippen MR) is 178 cm³/mol. The maximum absolute atomic E-state index is 4.41. The number of aromatic nitrogens is 1. The average Bonchev–Trinajstić information content (AvgIpc) is 3.56. The van der Waals surface area contributed by atoms with E-state index in [9.17, 15) is 0 Å². The molecule has 2 aliphatic rings. The monoisotopic (exact) mass is 754 g/mol. The quantitative estimate of drug-likeness (QED) is 0.132. The summed E-state index contributed by atoms with van der Waals surface area (Å²) in [5.74, 6) is 0.886. The summed E-state index contributed by atoms with van der Waals surface area (Å²) in [4.78, 5) is 4.41. The molecule has 44 heavy (non-hydrogen) atoms. The van der Waals surface area contributed by atoms with Gasteiger partial charge in [0, 0.05) is 38.4 Å². The van der Waals surface area contributed by atoms with Crippen LogP contribution in [0.1, 0.15) is 61.4 Å². The third kappa shape index (κ3) is 5.78. The van der Waals surface area contributed by atoms with Gasteiger partial charge in [0.15, 0.2) is 6.04 Å². The van der Waals surface area contributed by atoms with E-state index in [2.05, 4.69) is 160 Å². The molecular weight excluding hydrogens is 715 g/mol. The van der Waals surface area contributed by atoms with Gasteiger partial charge in [0.25, 0.3) is 11.4 Å². The Morgan fingerprint density at radius 3 is 2.20 bits per heavy atom. The van der Waals surface area contributed by atoms with Crippen LogP contribution >= 0.6 is 0 Å². The second kappa shape index (κ2) is 13.0. The Bertz CT molecular complexity index is 1890. The van der Waals surface area contributed by atoms with Gasteiger partial charge in [-0.25, -0.2) is 0 Å². The molecule has 0 bridgehead atoms. The molecule has 0 saturated carbocycles. The Morgan fingerprint density at radius 1 is 0.795 bits per heavy atom. The summed E-state index contributed by atoms with van der Waals surface area (Å²) in [5.41, 5.74) is 14.8. The minimum atomic E-state index is 0. The fourth-order valence-electron chi connectivity index (χ4n) is 6.17. The zero-order valence-corrected chi connectivity index (χ0v) is 29.0. The summed E-state index contributed by atoms with van der Waals surface area (Å²) in [6, 6.07) is 40.7. The summed E-state index contributed by atoms with van der Waals surface area (Å²) in [5, 5.41) is 0. The minimum absolute atomic E-state index is 0. The van der Waals surface area contributed by atoms with Crippen molar-refractivity contribution in [1.29, 1.82) is 0 Å². The van der Waals surface area contributed by atoms with Gasteiger partial charge in [0.1, 0.15) is 5.69 Å². The number of hydrogen-bond acceptors (Lipinski definition) is 1. The van der Waals surface area contributed by atoms with E-state index >= 15 is 0 Å². The molecule has 0 fully saturated rings. The fraction of sp³-hybridized carbons (Fsp3) is 0.250. The van der Waals surface area contributed by atoms with Gasteiger partial charge in [0.2, 0.25) is 0 Å². The molecule has 5 aromatic rings. The van der Waals surface area contributed by atoms with Crippen LogP contribution in [0.15, 0.2) is 91.1 Å². The van der Waals surface area contributed by atoms with E-state index in [1.165, 1.54) is 50.3 Å². The van der Waals surface area contributed by atoms with Crippen molar-refractivity contribution in [1.82, 2.24) is 9.56 Å². The van der Waals surface area contributed by atoms with Crippen molar-refractivity contribution in [3.8, 4) is 22.4 Å². The predicted octanol–water partition coefficient (Wildman–Crippen LogP) is 9.80. The van der Waals surface area contributed by atoms with Gasteiger partial charge in [-0.1, -0.05) is 83.5 Å². The average molecular weight is 754 g/mol. The van der Waals surface area contributed by atoms with Crippen molar-refractivity contribution in [2.24, 2.45) is 5.92 Å². The zero-order valence-electron chi connectivity index (χ0n) is 26.6. The van der Waals surface area contributed by atoms with Crippen LogP contribution in [0, 0.1) is 38.8 Å². The van der Waals surface area contributed by atoms with Crippen LogP contribution < -0.4 is 4.58 Å². The number of para-hydroxylation sites is 2. The van der Waals surface area contributed by atoms with Gasteiger partial charge in [-0.05, 0) is 61.9 Å². The number of rotatable bonds is 4. The number of aryl methyl sites for hydroxylation is 3. The maximum Gasteiger partial charge on any atom is 0.494 e. The van der Waals surface area contributed by atoms with E-state index in [-0.39, 0.29) is 20.1 Å². The smallest absolute Gasteiger partial charge is 0.304 e. The van der Waals surface area contributed by atoms with Crippen molar-refractivity contribution in [2.75, 3.05) is 0 Å². The molecule has 4 aromatic carbocycles. The largest absolute Gasteiger partial charge is 0.494 e. The molecule has 1 aliphatic carbocycles. The van der Waals surface area contributed by atoms with Crippen LogP contribution in [-0.4, -0.2) is 21.6 Å². The van der Waals surface area contributed by atoms with Crippen molar-refractivity contribution in [3.05, 3.63) is 131 Å². The summed E-state index contributed by atoms with van der Waals surface area (Å²) in [6.07, 6.45) is 1.92. The van der Waals surface area contributed by atoms with Crippen LogP contribution in [-0.2, 0) is 20.1 Å². The van der Waals surface area contributed by atoms with Crippen LogP contribution in [0.2, 0.25) is 0 Å². The van der Waals surface area contributed by atoms with Crippen molar-refractivity contribution in [3.63, 3.8) is 0 Å². The Hall–Kier alpha value is -3.94. The SMILES string of the molecule is CC(C)C1c2ccccc2-c2cc[c-]c([N+]3=C=[N+](C(C)C)c4ccccc43)c21.Cc1c[c-]c(-c2cc(C)c(C)cn2)cc1.[Ir]. The molecular formula is C40H39IrN3. The van der Waals surface area contributed by atoms with E-state index in [1.54, 1.807) is 0 Å². The van der Waals surface area contributed by atoms with Crippen LogP contribution in [0.25, 0.3) is 22.4 Å². The molecule has 2 heterocycles. The normalized spacial score (nSPS) is 14.2. The van der Waals surface area contributed by atoms with Crippen molar-refractivity contribution in [2.45, 2.75) is 60.4 Å². The molecule has 4 heteroatoms. The summed E-state index contributed by atoms with van der Waals surface area (Å²) >= 11 is 0. The number of benzene rings is 4. The molecule has 1 unspecified atom stereocenters. The molecule has 1 radical (unpaired) electrons. The zero-order chi connectivity index (χ0) is 30.2. The first-order chi connectivity index (χ1) is 20.7. The van der Waals surface area contributed by atoms with Gasteiger partial charge in [0.05, 0.1) is 0 Å². The molecule has 1 aromatic heterocycles. The third-order valence-corrected chi connectivity index (χ3v) is 8.53. The number of hydrogen-bond donors (Lipinski definition) is 0. The summed E-state index contributed by atoms with van der Waals surface area (Å²) in [6.45, 7) is 15.3. The summed E-state index contributed by atoms with van der Waals surface area (Å²) in [7, 11) is 0. The number of nitrogens with zero attached hydrogens (tertiary/aromatic N) is 3. The van der Waals surface area contributed by atoms with Crippen LogP contribution in [0.5, 0.6) is 0 Å². The molecule has 0 amide bonds. The molecule has 0 N–H and O–H groups in total. The van der Waals surface area contributed by atoms with Gasteiger partial charge in [-0.3, -0.25) is 0 Å². The minimum Gasteiger partial charge on any atom is -0.304 e. The topological polar surface area (TPSA) is 18.9 Å². The Labute approximate surface area is 276 Å². The molecule has 7 rings (SSSR count). The number of fused-ring (bicyclic) bond motifs is 4. The van der Waals surface area contributed by atoms with Crippen molar-refractivity contribution < 1.29 is 24.7 Å². The van der Waals surface area contributed by atoms with Gasteiger partial charge >= 0.3 is 6.01 Å². The van der Waals surface area contributed by atoms with E-state index in [0.29, 0.717) is 17.9 Å². The first kappa shape index (κ1) is 31.5. The maximum atomic E-state index is 4.41. The first-order valence-corrected chi connectivity index (χ1v) is 15.2. The van der Waals surface area contributed by atoms with E-state index in [4.69, 9.17) is 0 Å². The molecule has 0 spiro atoms. The fourth-order valence-corrected chi connectivity index (χ4v) is 6.17. The Balaban J connectivity index is 0.000000204. The van der Waals surface area contributed by atoms with Gasteiger partial charge in [-0.2, -0.15) is 12.1 Å². The standard InChI is InChI=1S/C26H25N2.C14H14N.Ir/c1-17(2)25-20-11-6-5-10-19(20)21-12-9-15-24(26(21)25)28-16-27(18(3)4)22-13-7-8-14-23(22)28;1-10-4-6-13(7-5-10)14-8-11(2)12(3)9-15-14;/h5-14,17-18,25H,1-4H3;4-6,8-9H,1-3H3;/q+1;-1;.